The molecule has 108 valence electrons. The van der Waals surface area contributed by atoms with E-state index in [9.17, 15) is 4.79 Å². The second-order valence-corrected chi connectivity index (χ2v) is 6.03. The lowest BCUT2D eigenvalue weighted by Crippen LogP contribution is -2.38. The molecule has 0 unspecified atom stereocenters. The number of aliphatic hydroxyl groups excluding tert-OH is 1. The molecule has 2 rings (SSSR count). The number of hydrogen-bond acceptors (Lipinski definition) is 6. The Bertz CT molecular complexity index is 564. The maximum Gasteiger partial charge on any atom is 0.243 e. The van der Waals surface area contributed by atoms with E-state index < -0.39 is 0 Å². The fourth-order valence-electron chi connectivity index (χ4n) is 1.40. The van der Waals surface area contributed by atoms with Gasteiger partial charge in [0, 0.05) is 29.5 Å². The molecular formula is C12H17N5O2S. The second-order valence-electron chi connectivity index (χ2n) is 5.25. The average molecular weight is 295 g/mol. The predicted octanol–water partition coefficient (Wildman–Crippen LogP) is 0.536. The number of aliphatic hydroxyl groups is 1. The summed E-state index contributed by atoms with van der Waals surface area (Å²) in [5.41, 5.74) is 0.552. The van der Waals surface area contributed by atoms with E-state index in [1.165, 1.54) is 4.80 Å². The van der Waals surface area contributed by atoms with Crippen LogP contribution in [0.5, 0.6) is 0 Å². The van der Waals surface area contributed by atoms with Crippen molar-refractivity contribution in [1.29, 1.82) is 0 Å². The maximum atomic E-state index is 11.8. The molecule has 0 spiro atoms. The molecule has 8 heteroatoms. The van der Waals surface area contributed by atoms with Crippen LogP contribution in [-0.4, -0.2) is 44.4 Å². The Morgan fingerprint density at radius 1 is 1.55 bits per heavy atom. The number of aromatic nitrogens is 4. The highest BCUT2D eigenvalue weighted by Gasteiger charge is 2.18. The van der Waals surface area contributed by atoms with Crippen molar-refractivity contribution < 1.29 is 9.90 Å². The molecule has 0 radical (unpaired) electrons. The van der Waals surface area contributed by atoms with E-state index in [2.05, 4.69) is 20.7 Å². The van der Waals surface area contributed by atoms with Gasteiger partial charge in [-0.25, -0.2) is 0 Å². The van der Waals surface area contributed by atoms with Crippen molar-refractivity contribution in [3.05, 3.63) is 16.8 Å². The Hall–Kier alpha value is -1.80. The molecule has 20 heavy (non-hydrogen) atoms. The number of thiophene rings is 1. The van der Waals surface area contributed by atoms with Crippen LogP contribution in [0.2, 0.25) is 0 Å². The summed E-state index contributed by atoms with van der Waals surface area (Å²) in [5, 5.41) is 27.6. The van der Waals surface area contributed by atoms with Gasteiger partial charge in [-0.05, 0) is 16.7 Å². The number of nitrogens with one attached hydrogen (secondary N) is 1. The number of carbonyl (C=O) groups is 1. The predicted molar refractivity (Wildman–Crippen MR) is 75.0 cm³/mol. The van der Waals surface area contributed by atoms with Crippen molar-refractivity contribution in [2.45, 2.75) is 20.4 Å². The zero-order chi connectivity index (χ0) is 14.6. The van der Waals surface area contributed by atoms with Gasteiger partial charge in [-0.3, -0.25) is 4.79 Å². The molecule has 0 aromatic carbocycles. The third-order valence-electron chi connectivity index (χ3n) is 2.71. The van der Waals surface area contributed by atoms with Crippen LogP contribution in [0.3, 0.4) is 0 Å². The highest BCUT2D eigenvalue weighted by Crippen LogP contribution is 2.16. The van der Waals surface area contributed by atoms with Crippen LogP contribution in [-0.2, 0) is 11.3 Å². The van der Waals surface area contributed by atoms with Crippen LogP contribution in [0.1, 0.15) is 13.8 Å². The van der Waals surface area contributed by atoms with Crippen molar-refractivity contribution in [2.75, 3.05) is 13.2 Å². The molecule has 0 atom stereocenters. The first-order valence-electron chi connectivity index (χ1n) is 6.18. The second kappa shape index (κ2) is 6.10. The zero-order valence-electron chi connectivity index (χ0n) is 11.4. The summed E-state index contributed by atoms with van der Waals surface area (Å²) in [6.45, 7) is 4.16. The first-order valence-corrected chi connectivity index (χ1v) is 7.12. The molecule has 2 aromatic heterocycles. The first-order chi connectivity index (χ1) is 9.50. The number of amides is 1. The van der Waals surface area contributed by atoms with Crippen molar-refractivity contribution in [3.8, 4) is 11.4 Å². The van der Waals surface area contributed by atoms with Crippen LogP contribution in [0.25, 0.3) is 11.4 Å². The molecule has 0 fully saturated rings. The van der Waals surface area contributed by atoms with Gasteiger partial charge >= 0.3 is 0 Å². The number of rotatable bonds is 6. The number of hydrogen-bond donors (Lipinski definition) is 2. The highest BCUT2D eigenvalue weighted by molar-refractivity contribution is 7.08. The lowest BCUT2D eigenvalue weighted by molar-refractivity contribution is -0.122. The standard InChI is InChI=1S/C12H17N5O2S/c1-12(2,8-18)7-13-10(19)5-17-15-11(14-16-17)9-3-4-20-6-9/h3-4,6,18H,5,7-8H2,1-2H3,(H,13,19). The van der Waals surface area contributed by atoms with Crippen LogP contribution in [0, 0.1) is 5.41 Å². The molecule has 0 aliphatic heterocycles. The van der Waals surface area contributed by atoms with Crippen molar-refractivity contribution in [2.24, 2.45) is 5.41 Å². The fraction of sp³-hybridized carbons (Fsp3) is 0.500. The number of nitrogens with zero attached hydrogens (tertiary/aromatic N) is 4. The molecule has 0 saturated carbocycles. The van der Waals surface area contributed by atoms with E-state index in [0.29, 0.717) is 12.4 Å². The molecule has 7 nitrogen and oxygen atoms in total. The van der Waals surface area contributed by atoms with Gasteiger partial charge in [0.1, 0.15) is 6.54 Å². The summed E-state index contributed by atoms with van der Waals surface area (Å²) < 4.78 is 0. The fourth-order valence-corrected chi connectivity index (χ4v) is 2.03. The molecule has 1 amide bonds. The van der Waals surface area contributed by atoms with Gasteiger partial charge < -0.3 is 10.4 Å². The van der Waals surface area contributed by atoms with E-state index in [1.807, 2.05) is 30.7 Å². The van der Waals surface area contributed by atoms with E-state index in [4.69, 9.17) is 5.11 Å². The van der Waals surface area contributed by atoms with E-state index in [0.717, 1.165) is 5.56 Å². The molecule has 2 N–H and O–H groups in total. The monoisotopic (exact) mass is 295 g/mol. The van der Waals surface area contributed by atoms with E-state index >= 15 is 0 Å². The van der Waals surface area contributed by atoms with Gasteiger partial charge in [0.2, 0.25) is 11.7 Å². The average Bonchev–Trinajstić information content (AvgIpc) is 3.07. The van der Waals surface area contributed by atoms with Crippen LogP contribution in [0.4, 0.5) is 0 Å². The molecule has 2 heterocycles. The summed E-state index contributed by atoms with van der Waals surface area (Å²) in [6.07, 6.45) is 0. The number of tetrazole rings is 1. The van der Waals surface area contributed by atoms with E-state index in [1.54, 1.807) is 11.3 Å². The normalized spacial score (nSPS) is 11.6. The van der Waals surface area contributed by atoms with Gasteiger partial charge in [0.05, 0.1) is 0 Å². The molecule has 2 aromatic rings. The summed E-state index contributed by atoms with van der Waals surface area (Å²) in [6, 6.07) is 1.90. The van der Waals surface area contributed by atoms with Crippen LogP contribution >= 0.6 is 11.3 Å². The Labute approximate surface area is 120 Å². The molecular weight excluding hydrogens is 278 g/mol. The van der Waals surface area contributed by atoms with Gasteiger partial charge in [0.25, 0.3) is 0 Å². The van der Waals surface area contributed by atoms with Crippen molar-refractivity contribution >= 4 is 17.2 Å². The Kier molecular flexibility index (Phi) is 4.46. The molecule has 0 aliphatic carbocycles. The Balaban J connectivity index is 1.89. The molecule has 0 saturated heterocycles. The lowest BCUT2D eigenvalue weighted by atomic mass is 9.95. The van der Waals surface area contributed by atoms with Gasteiger partial charge in [-0.2, -0.15) is 16.1 Å². The van der Waals surface area contributed by atoms with Crippen LogP contribution < -0.4 is 5.32 Å². The minimum Gasteiger partial charge on any atom is -0.396 e. The topological polar surface area (TPSA) is 92.9 Å². The highest BCUT2D eigenvalue weighted by atomic mass is 32.1. The SMILES string of the molecule is CC(C)(CO)CNC(=O)Cn1nnc(-c2ccsc2)n1. The molecule has 0 aliphatic rings. The van der Waals surface area contributed by atoms with Crippen LogP contribution in [0.15, 0.2) is 16.8 Å². The van der Waals surface area contributed by atoms with Gasteiger partial charge in [0.15, 0.2) is 0 Å². The minimum atomic E-state index is -0.340. The van der Waals surface area contributed by atoms with Crippen molar-refractivity contribution in [3.63, 3.8) is 0 Å². The first kappa shape index (κ1) is 14.6. The Morgan fingerprint density at radius 3 is 3.00 bits per heavy atom. The smallest absolute Gasteiger partial charge is 0.243 e. The third-order valence-corrected chi connectivity index (χ3v) is 3.39. The quantitative estimate of drug-likeness (QED) is 0.811. The Morgan fingerprint density at radius 2 is 2.35 bits per heavy atom. The number of carbonyl (C=O) groups excluding carboxylic acids is 1. The third kappa shape index (κ3) is 3.84. The molecule has 0 bridgehead atoms. The lowest BCUT2D eigenvalue weighted by Gasteiger charge is -2.21. The summed E-state index contributed by atoms with van der Waals surface area (Å²) in [5.74, 6) is 0.301. The summed E-state index contributed by atoms with van der Waals surface area (Å²) >= 11 is 1.55. The maximum absolute atomic E-state index is 11.8. The largest absolute Gasteiger partial charge is 0.396 e. The van der Waals surface area contributed by atoms with Gasteiger partial charge in [-0.1, -0.05) is 13.8 Å². The van der Waals surface area contributed by atoms with Crippen molar-refractivity contribution in [1.82, 2.24) is 25.5 Å². The summed E-state index contributed by atoms with van der Waals surface area (Å²) in [7, 11) is 0. The minimum absolute atomic E-state index is 0.0111. The summed E-state index contributed by atoms with van der Waals surface area (Å²) in [4.78, 5) is 13.0. The van der Waals surface area contributed by atoms with E-state index in [-0.39, 0.29) is 24.5 Å². The van der Waals surface area contributed by atoms with Gasteiger partial charge in [-0.15, -0.1) is 10.2 Å². The zero-order valence-corrected chi connectivity index (χ0v) is 12.2.